The highest BCUT2D eigenvalue weighted by atomic mass is 16.1. The summed E-state index contributed by atoms with van der Waals surface area (Å²) in [6.07, 6.45) is 5.49. The van der Waals surface area contributed by atoms with Crippen LogP contribution in [-0.2, 0) is 24.2 Å². The molecule has 1 N–H and O–H groups in total. The summed E-state index contributed by atoms with van der Waals surface area (Å²) in [5.74, 6) is 0.942. The molecule has 1 fully saturated rings. The Hall–Kier alpha value is -3.42. The van der Waals surface area contributed by atoms with E-state index in [1.165, 1.54) is 0 Å². The first kappa shape index (κ1) is 25.2. The first-order valence-electron chi connectivity index (χ1n) is 13.2. The lowest BCUT2D eigenvalue weighted by Crippen LogP contribution is -2.36. The second-order valence-corrected chi connectivity index (χ2v) is 10.4. The van der Waals surface area contributed by atoms with Gasteiger partial charge in [0.15, 0.2) is 0 Å². The molecule has 37 heavy (non-hydrogen) atoms. The lowest BCUT2D eigenvalue weighted by Gasteiger charge is -2.24. The van der Waals surface area contributed by atoms with Crippen molar-refractivity contribution in [1.29, 1.82) is 0 Å². The fourth-order valence-corrected chi connectivity index (χ4v) is 5.34. The number of aryl methyl sites for hydroxylation is 1. The molecule has 0 spiro atoms. The van der Waals surface area contributed by atoms with E-state index in [2.05, 4.69) is 39.5 Å². The molecule has 0 saturated carbocycles. The summed E-state index contributed by atoms with van der Waals surface area (Å²) in [4.78, 5) is 40.0. The molecule has 7 nitrogen and oxygen atoms in total. The Labute approximate surface area is 218 Å². The van der Waals surface area contributed by atoms with Crippen molar-refractivity contribution in [2.45, 2.75) is 44.7 Å². The van der Waals surface area contributed by atoms with E-state index in [0.29, 0.717) is 37.3 Å². The zero-order valence-electron chi connectivity index (χ0n) is 21.7. The van der Waals surface area contributed by atoms with Crippen LogP contribution in [0.25, 0.3) is 11.3 Å². The van der Waals surface area contributed by atoms with Gasteiger partial charge in [-0.2, -0.15) is 0 Å². The monoisotopic (exact) mass is 497 g/mol. The molecule has 0 aliphatic carbocycles. The van der Waals surface area contributed by atoms with Crippen LogP contribution in [0.2, 0.25) is 0 Å². The summed E-state index contributed by atoms with van der Waals surface area (Å²) in [6, 6.07) is 16.2. The Balaban J connectivity index is 1.52. The van der Waals surface area contributed by atoms with E-state index < -0.39 is 0 Å². The summed E-state index contributed by atoms with van der Waals surface area (Å²) in [6.45, 7) is 2.90. The SMILES string of the molecule is CN(C)CCNC(=O)c1cc2cc(c1)CN1CCC[C@H]1C(=O)CCc1cccc(c1)-c1ccnc(n1)C2. The van der Waals surface area contributed by atoms with Crippen molar-refractivity contribution in [3.05, 3.63) is 82.8 Å². The summed E-state index contributed by atoms with van der Waals surface area (Å²) >= 11 is 0. The van der Waals surface area contributed by atoms with Crippen LogP contribution >= 0.6 is 0 Å². The number of hydrogen-bond donors (Lipinski definition) is 1. The number of rotatable bonds is 4. The van der Waals surface area contributed by atoms with Crippen molar-refractivity contribution < 1.29 is 9.59 Å². The van der Waals surface area contributed by atoms with Crippen molar-refractivity contribution in [3.63, 3.8) is 0 Å². The molecule has 3 aromatic rings. The van der Waals surface area contributed by atoms with E-state index in [1.54, 1.807) is 6.20 Å². The number of likely N-dealkylation sites (N-methyl/N-ethyl adjacent to an activating group) is 1. The van der Waals surface area contributed by atoms with Gasteiger partial charge >= 0.3 is 0 Å². The van der Waals surface area contributed by atoms with Gasteiger partial charge in [-0.1, -0.05) is 24.3 Å². The van der Waals surface area contributed by atoms with Crippen LogP contribution in [0.15, 0.2) is 54.7 Å². The zero-order chi connectivity index (χ0) is 25.8. The number of nitrogens with zero attached hydrogens (tertiary/aromatic N) is 4. The van der Waals surface area contributed by atoms with Gasteiger partial charge in [-0.25, -0.2) is 9.97 Å². The normalized spacial score (nSPS) is 18.0. The highest BCUT2D eigenvalue weighted by Gasteiger charge is 2.30. The molecule has 0 unspecified atom stereocenters. The molecule has 1 atom stereocenters. The topological polar surface area (TPSA) is 78.4 Å². The lowest BCUT2D eigenvalue weighted by molar-refractivity contribution is -0.123. The molecular weight excluding hydrogens is 462 g/mol. The number of Topliss-reactive ketones (excluding diaryl/α,β-unsaturated/α-hetero) is 1. The van der Waals surface area contributed by atoms with Crippen molar-refractivity contribution in [2.75, 3.05) is 33.7 Å². The number of carbonyl (C=O) groups is 2. The summed E-state index contributed by atoms with van der Waals surface area (Å²) in [5.41, 5.74) is 5.72. The molecular formula is C30H35N5O2. The highest BCUT2D eigenvalue weighted by molar-refractivity contribution is 5.94. The summed E-state index contributed by atoms with van der Waals surface area (Å²) in [5, 5.41) is 3.04. The fraction of sp³-hybridized carbons (Fsp3) is 0.400. The molecule has 1 amide bonds. The third-order valence-electron chi connectivity index (χ3n) is 7.23. The largest absolute Gasteiger partial charge is 0.351 e. The Bertz CT molecular complexity index is 1290. The smallest absolute Gasteiger partial charge is 0.251 e. The number of fused-ring (bicyclic) bond motifs is 8. The Kier molecular flexibility index (Phi) is 7.72. The van der Waals surface area contributed by atoms with E-state index in [-0.39, 0.29) is 11.9 Å². The molecule has 2 aromatic carbocycles. The van der Waals surface area contributed by atoms with Gasteiger partial charge in [0.05, 0.1) is 11.7 Å². The minimum absolute atomic E-state index is 0.0619. The maximum atomic E-state index is 13.3. The Morgan fingerprint density at radius 1 is 1.08 bits per heavy atom. The van der Waals surface area contributed by atoms with Gasteiger partial charge in [-0.3, -0.25) is 14.5 Å². The molecule has 2 aliphatic rings. The van der Waals surface area contributed by atoms with Crippen molar-refractivity contribution in [2.24, 2.45) is 0 Å². The van der Waals surface area contributed by atoms with Gasteiger partial charge < -0.3 is 10.2 Å². The standard InChI is InChI=1S/C30H35N5O2/c1-34(2)14-12-32-30(37)25-17-22-15-23(18-25)20-35-13-4-7-27(35)28(36)9-8-21-5-3-6-24(16-21)26-10-11-31-29(19-22)33-26/h3,5-6,10-11,15-18,27H,4,7-9,12-14,19-20H2,1-2H3,(H,32,37)/t27-/m0/s1. The first-order chi connectivity index (χ1) is 17.9. The van der Waals surface area contributed by atoms with Crippen LogP contribution in [-0.4, -0.2) is 71.2 Å². The second kappa shape index (κ2) is 11.3. The van der Waals surface area contributed by atoms with Gasteiger partial charge in [0.2, 0.25) is 0 Å². The van der Waals surface area contributed by atoms with Crippen LogP contribution < -0.4 is 5.32 Å². The second-order valence-electron chi connectivity index (χ2n) is 10.4. The molecule has 192 valence electrons. The van der Waals surface area contributed by atoms with Crippen molar-refractivity contribution in [3.8, 4) is 11.3 Å². The number of amides is 1. The molecule has 0 radical (unpaired) electrons. The van der Waals surface area contributed by atoms with Crippen LogP contribution in [0, 0.1) is 0 Å². The molecule has 2 aliphatic heterocycles. The summed E-state index contributed by atoms with van der Waals surface area (Å²) in [7, 11) is 3.98. The summed E-state index contributed by atoms with van der Waals surface area (Å²) < 4.78 is 0. The van der Waals surface area contributed by atoms with E-state index in [0.717, 1.165) is 66.1 Å². The highest BCUT2D eigenvalue weighted by Crippen LogP contribution is 2.26. The molecule has 5 rings (SSSR count). The molecule has 1 saturated heterocycles. The minimum atomic E-state index is -0.0834. The number of carbonyl (C=O) groups excluding carboxylic acids is 2. The van der Waals surface area contributed by atoms with E-state index in [9.17, 15) is 9.59 Å². The fourth-order valence-electron chi connectivity index (χ4n) is 5.34. The average Bonchev–Trinajstić information content (AvgIpc) is 3.35. The number of aromatic nitrogens is 2. The molecule has 6 bridgehead atoms. The molecule has 7 heteroatoms. The number of hydrogen-bond acceptors (Lipinski definition) is 6. The number of ketones is 1. The van der Waals surface area contributed by atoms with Crippen molar-refractivity contribution in [1.82, 2.24) is 25.1 Å². The van der Waals surface area contributed by atoms with E-state index >= 15 is 0 Å². The number of nitrogens with one attached hydrogen (secondary N) is 1. The van der Waals surface area contributed by atoms with Gasteiger partial charge in [0.1, 0.15) is 11.6 Å². The van der Waals surface area contributed by atoms with Crippen LogP contribution in [0.4, 0.5) is 0 Å². The zero-order valence-corrected chi connectivity index (χ0v) is 21.7. The van der Waals surface area contributed by atoms with Crippen LogP contribution in [0.3, 0.4) is 0 Å². The first-order valence-corrected chi connectivity index (χ1v) is 13.2. The quantitative estimate of drug-likeness (QED) is 0.595. The van der Waals surface area contributed by atoms with Crippen molar-refractivity contribution >= 4 is 11.7 Å². The van der Waals surface area contributed by atoms with E-state index in [4.69, 9.17) is 4.98 Å². The minimum Gasteiger partial charge on any atom is -0.351 e. The van der Waals surface area contributed by atoms with Gasteiger partial charge in [0.25, 0.3) is 5.91 Å². The van der Waals surface area contributed by atoms with Crippen LogP contribution in [0.5, 0.6) is 0 Å². The third kappa shape index (κ3) is 6.29. The Morgan fingerprint density at radius 2 is 1.95 bits per heavy atom. The third-order valence-corrected chi connectivity index (χ3v) is 7.23. The predicted octanol–water partition coefficient (Wildman–Crippen LogP) is 3.51. The Morgan fingerprint density at radius 3 is 2.81 bits per heavy atom. The maximum Gasteiger partial charge on any atom is 0.251 e. The van der Waals surface area contributed by atoms with Gasteiger partial charge in [0, 0.05) is 49.8 Å². The predicted molar refractivity (Wildman–Crippen MR) is 144 cm³/mol. The van der Waals surface area contributed by atoms with Gasteiger partial charge in [-0.15, -0.1) is 0 Å². The van der Waals surface area contributed by atoms with E-state index in [1.807, 2.05) is 43.3 Å². The number of benzene rings is 2. The van der Waals surface area contributed by atoms with Crippen LogP contribution in [0.1, 0.15) is 52.1 Å². The average molecular weight is 498 g/mol. The molecule has 3 heterocycles. The lowest BCUT2D eigenvalue weighted by atomic mass is 9.98. The maximum absolute atomic E-state index is 13.3. The van der Waals surface area contributed by atoms with Gasteiger partial charge in [-0.05, 0) is 80.9 Å². The molecule has 1 aromatic heterocycles.